The van der Waals surface area contributed by atoms with Crippen LogP contribution in [0.3, 0.4) is 0 Å². The molecule has 166 valence electrons. The first-order valence-electron chi connectivity index (χ1n) is 12.1. The van der Waals surface area contributed by atoms with Gasteiger partial charge in [0.05, 0.1) is 7.11 Å². The summed E-state index contributed by atoms with van der Waals surface area (Å²) in [4.78, 5) is 0. The lowest BCUT2D eigenvalue weighted by atomic mass is 9.81. The third kappa shape index (κ3) is 4.33. The molecule has 0 amide bonds. The molecule has 3 N–H and O–H groups in total. The topological polar surface area (TPSA) is 53.5 Å². The van der Waals surface area contributed by atoms with Gasteiger partial charge in [-0.05, 0) is 123 Å². The van der Waals surface area contributed by atoms with Gasteiger partial charge in [-0.1, -0.05) is 24.3 Å². The molecule has 0 spiro atoms. The highest BCUT2D eigenvalue weighted by molar-refractivity contribution is 5.33. The Hall–Kier alpha value is -2.04. The average molecular weight is 421 g/mol. The summed E-state index contributed by atoms with van der Waals surface area (Å²) in [7, 11) is 1.75. The predicted octanol–water partition coefficient (Wildman–Crippen LogP) is 4.51. The van der Waals surface area contributed by atoms with Crippen LogP contribution < -0.4 is 15.4 Å². The molecule has 0 aromatic heterocycles. The SMILES string of the molecule is COc1cccc(C2C3CCC2CNC3)c1.Oc1cccc(C2C3CCC2CNC3)c1. The largest absolute Gasteiger partial charge is 0.508 e. The molecule has 0 radical (unpaired) electrons. The Bertz CT molecular complexity index is 853. The molecule has 2 aliphatic carbocycles. The second-order valence-electron chi connectivity index (χ2n) is 9.93. The minimum Gasteiger partial charge on any atom is -0.508 e. The Morgan fingerprint density at radius 3 is 1.68 bits per heavy atom. The smallest absolute Gasteiger partial charge is 0.119 e. The number of phenols is 1. The highest BCUT2D eigenvalue weighted by Gasteiger charge is 2.40. The highest BCUT2D eigenvalue weighted by atomic mass is 16.5. The fraction of sp³-hybridized carbons (Fsp3) is 0.556. The van der Waals surface area contributed by atoms with E-state index < -0.39 is 0 Å². The molecule has 2 saturated heterocycles. The first kappa shape index (κ1) is 20.8. The van der Waals surface area contributed by atoms with Crippen molar-refractivity contribution < 1.29 is 9.84 Å². The summed E-state index contributed by atoms with van der Waals surface area (Å²) in [5, 5.41) is 16.6. The van der Waals surface area contributed by atoms with Gasteiger partial charge in [0.15, 0.2) is 0 Å². The lowest BCUT2D eigenvalue weighted by Gasteiger charge is -2.31. The van der Waals surface area contributed by atoms with Gasteiger partial charge in [-0.25, -0.2) is 0 Å². The summed E-state index contributed by atoms with van der Waals surface area (Å²) in [6.45, 7) is 4.68. The van der Waals surface area contributed by atoms with Crippen molar-refractivity contribution in [2.75, 3.05) is 33.3 Å². The monoisotopic (exact) mass is 420 g/mol. The normalized spacial score (nSPS) is 33.5. The van der Waals surface area contributed by atoms with Crippen LogP contribution in [0, 0.1) is 23.7 Å². The number of fused-ring (bicyclic) bond motifs is 4. The Morgan fingerprint density at radius 2 is 1.19 bits per heavy atom. The molecule has 2 saturated carbocycles. The van der Waals surface area contributed by atoms with E-state index in [-0.39, 0.29) is 0 Å². The molecular weight excluding hydrogens is 384 g/mol. The molecular formula is C27H36N2O2. The number of rotatable bonds is 3. The molecule has 2 aliphatic heterocycles. The van der Waals surface area contributed by atoms with Crippen molar-refractivity contribution in [1.29, 1.82) is 0 Å². The number of aromatic hydroxyl groups is 1. The van der Waals surface area contributed by atoms with Crippen LogP contribution in [-0.2, 0) is 0 Å². The zero-order valence-corrected chi connectivity index (χ0v) is 18.6. The third-order valence-corrected chi connectivity index (χ3v) is 8.21. The van der Waals surface area contributed by atoms with E-state index in [1.54, 1.807) is 13.2 Å². The van der Waals surface area contributed by atoms with Gasteiger partial charge in [-0.2, -0.15) is 0 Å². The summed E-state index contributed by atoms with van der Waals surface area (Å²) in [6.07, 6.45) is 5.47. The van der Waals surface area contributed by atoms with E-state index in [2.05, 4.69) is 34.9 Å². The van der Waals surface area contributed by atoms with Crippen LogP contribution in [-0.4, -0.2) is 38.4 Å². The van der Waals surface area contributed by atoms with Crippen molar-refractivity contribution >= 4 is 0 Å². The lowest BCUT2D eigenvalue weighted by molar-refractivity contribution is 0.321. The van der Waals surface area contributed by atoms with Gasteiger partial charge in [-0.15, -0.1) is 0 Å². The number of hydrogen-bond acceptors (Lipinski definition) is 4. The van der Waals surface area contributed by atoms with Crippen LogP contribution >= 0.6 is 0 Å². The van der Waals surface area contributed by atoms with Crippen molar-refractivity contribution in [2.24, 2.45) is 23.7 Å². The number of benzene rings is 2. The van der Waals surface area contributed by atoms with Gasteiger partial charge in [0.25, 0.3) is 0 Å². The van der Waals surface area contributed by atoms with Crippen LogP contribution in [0.25, 0.3) is 0 Å². The Kier molecular flexibility index (Phi) is 6.20. The molecule has 4 heteroatoms. The van der Waals surface area contributed by atoms with Crippen molar-refractivity contribution in [3.63, 3.8) is 0 Å². The van der Waals surface area contributed by atoms with E-state index in [0.717, 1.165) is 48.4 Å². The van der Waals surface area contributed by atoms with Crippen molar-refractivity contribution in [1.82, 2.24) is 10.6 Å². The summed E-state index contributed by atoms with van der Waals surface area (Å²) in [5.74, 6) is 6.09. The molecule has 4 nitrogen and oxygen atoms in total. The van der Waals surface area contributed by atoms with E-state index in [1.165, 1.54) is 49.9 Å². The number of methoxy groups -OCH3 is 1. The van der Waals surface area contributed by atoms with E-state index in [0.29, 0.717) is 11.7 Å². The van der Waals surface area contributed by atoms with E-state index in [4.69, 9.17) is 4.74 Å². The van der Waals surface area contributed by atoms with Crippen LogP contribution in [0.15, 0.2) is 48.5 Å². The first-order valence-corrected chi connectivity index (χ1v) is 12.1. The minimum atomic E-state index is 0.408. The fourth-order valence-corrected chi connectivity index (χ4v) is 6.84. The van der Waals surface area contributed by atoms with Gasteiger partial charge in [0.1, 0.15) is 11.5 Å². The zero-order valence-electron chi connectivity index (χ0n) is 18.6. The number of hydrogen-bond donors (Lipinski definition) is 3. The van der Waals surface area contributed by atoms with Crippen LogP contribution in [0.2, 0.25) is 0 Å². The lowest BCUT2D eigenvalue weighted by Crippen LogP contribution is -2.36. The quantitative estimate of drug-likeness (QED) is 0.684. The van der Waals surface area contributed by atoms with Gasteiger partial charge < -0.3 is 20.5 Å². The minimum absolute atomic E-state index is 0.408. The van der Waals surface area contributed by atoms with Gasteiger partial charge in [0, 0.05) is 0 Å². The highest BCUT2D eigenvalue weighted by Crippen LogP contribution is 2.47. The maximum atomic E-state index is 9.52. The van der Waals surface area contributed by atoms with E-state index >= 15 is 0 Å². The molecule has 4 aliphatic rings. The Morgan fingerprint density at radius 1 is 0.710 bits per heavy atom. The first-order chi connectivity index (χ1) is 15.2. The summed E-state index contributed by atoms with van der Waals surface area (Å²) >= 11 is 0. The van der Waals surface area contributed by atoms with Gasteiger partial charge in [-0.3, -0.25) is 0 Å². The predicted molar refractivity (Wildman–Crippen MR) is 125 cm³/mol. The third-order valence-electron chi connectivity index (χ3n) is 8.21. The van der Waals surface area contributed by atoms with Crippen LogP contribution in [0.1, 0.15) is 48.6 Å². The zero-order chi connectivity index (χ0) is 21.2. The molecule has 4 atom stereocenters. The molecule has 6 rings (SSSR count). The molecule has 2 aromatic rings. The summed E-state index contributed by atoms with van der Waals surface area (Å²) in [6, 6.07) is 16.5. The van der Waals surface area contributed by atoms with Crippen molar-refractivity contribution in [2.45, 2.75) is 37.5 Å². The second kappa shape index (κ2) is 9.22. The van der Waals surface area contributed by atoms with Gasteiger partial charge in [0.2, 0.25) is 0 Å². The van der Waals surface area contributed by atoms with E-state index in [1.807, 2.05) is 18.2 Å². The molecule has 4 unspecified atom stereocenters. The second-order valence-corrected chi connectivity index (χ2v) is 9.93. The molecule has 4 fully saturated rings. The summed E-state index contributed by atoms with van der Waals surface area (Å²) in [5.41, 5.74) is 2.82. The van der Waals surface area contributed by atoms with Crippen molar-refractivity contribution in [3.05, 3.63) is 59.7 Å². The maximum absolute atomic E-state index is 9.52. The average Bonchev–Trinajstić information content (AvgIpc) is 3.21. The Balaban J connectivity index is 0.000000132. The fourth-order valence-electron chi connectivity index (χ4n) is 6.84. The molecule has 2 heterocycles. The maximum Gasteiger partial charge on any atom is 0.119 e. The number of phenolic OH excluding ortho intramolecular Hbond substituents is 1. The number of nitrogens with one attached hydrogen (secondary N) is 2. The molecule has 2 aromatic carbocycles. The van der Waals surface area contributed by atoms with Gasteiger partial charge >= 0.3 is 0 Å². The molecule has 4 bridgehead atoms. The van der Waals surface area contributed by atoms with E-state index in [9.17, 15) is 5.11 Å². The number of piperidine rings is 2. The Labute approximate surface area is 186 Å². The number of ether oxygens (including phenoxy) is 1. The van der Waals surface area contributed by atoms with Crippen LogP contribution in [0.4, 0.5) is 0 Å². The summed E-state index contributed by atoms with van der Waals surface area (Å²) < 4.78 is 5.32. The van der Waals surface area contributed by atoms with Crippen LogP contribution in [0.5, 0.6) is 11.5 Å². The molecule has 31 heavy (non-hydrogen) atoms. The van der Waals surface area contributed by atoms with Crippen molar-refractivity contribution in [3.8, 4) is 11.5 Å². The standard InChI is InChI=1S/C14H19NO.C13H17NO/c1-16-13-4-2-3-10(7-13)14-11-5-6-12(14)9-15-8-11;15-12-3-1-2-9(6-12)13-10-4-5-11(13)8-14-7-10/h2-4,7,11-12,14-15H,5-6,8-9H2,1H3;1-3,6,10-11,13-15H,4-5,7-8H2.